The summed E-state index contributed by atoms with van der Waals surface area (Å²) in [4.78, 5) is 25.8. The van der Waals surface area contributed by atoms with Crippen LogP contribution in [0.15, 0.2) is 4.52 Å². The molecule has 0 unspecified atom stereocenters. The highest BCUT2D eigenvalue weighted by Crippen LogP contribution is 2.16. The van der Waals surface area contributed by atoms with Crippen molar-refractivity contribution in [2.24, 2.45) is 0 Å². The number of carbonyl (C=O) groups excluding carboxylic acids is 1. The minimum Gasteiger partial charge on any atom is -0.480 e. The fourth-order valence-electron chi connectivity index (χ4n) is 1.26. The normalized spacial score (nSPS) is 11.2. The van der Waals surface area contributed by atoms with Gasteiger partial charge in [0.25, 0.3) is 0 Å². The molecule has 8 nitrogen and oxygen atoms in total. The number of halogens is 3. The zero-order valence-electron chi connectivity index (χ0n) is 10.3. The van der Waals surface area contributed by atoms with Crippen molar-refractivity contribution in [2.45, 2.75) is 19.6 Å². The Morgan fingerprint density at radius 3 is 2.55 bits per heavy atom. The van der Waals surface area contributed by atoms with Crippen molar-refractivity contribution in [1.29, 1.82) is 0 Å². The molecular formula is C9H11F3N4O4. The van der Waals surface area contributed by atoms with Crippen LogP contribution in [-0.2, 0) is 11.3 Å². The minimum absolute atomic E-state index is 0.0677. The molecule has 112 valence electrons. The molecule has 0 radical (unpaired) electrons. The number of rotatable bonds is 5. The molecule has 11 heteroatoms. The van der Waals surface area contributed by atoms with Crippen molar-refractivity contribution >= 4 is 12.0 Å². The summed E-state index contributed by atoms with van der Waals surface area (Å²) in [5.74, 6) is -1.26. The van der Waals surface area contributed by atoms with Gasteiger partial charge in [-0.2, -0.15) is 18.2 Å². The van der Waals surface area contributed by atoms with E-state index in [1.165, 1.54) is 6.92 Å². The van der Waals surface area contributed by atoms with Crippen LogP contribution in [0.4, 0.5) is 18.0 Å². The summed E-state index contributed by atoms with van der Waals surface area (Å²) in [5.41, 5.74) is 0. The second-order valence-corrected chi connectivity index (χ2v) is 3.75. The Morgan fingerprint density at radius 1 is 1.45 bits per heavy atom. The number of carboxylic acid groups (broad SMARTS) is 1. The first-order valence-corrected chi connectivity index (χ1v) is 5.28. The van der Waals surface area contributed by atoms with E-state index in [-0.39, 0.29) is 23.2 Å². The predicted octanol–water partition coefficient (Wildman–Crippen LogP) is 0.537. The number of carboxylic acids is 1. The average molecular weight is 296 g/mol. The largest absolute Gasteiger partial charge is 0.480 e. The van der Waals surface area contributed by atoms with Crippen LogP contribution in [-0.4, -0.2) is 51.4 Å². The highest BCUT2D eigenvalue weighted by atomic mass is 19.4. The van der Waals surface area contributed by atoms with Crippen molar-refractivity contribution in [3.05, 3.63) is 11.7 Å². The van der Waals surface area contributed by atoms with E-state index in [9.17, 15) is 22.8 Å². The number of aliphatic carboxylic acids is 1. The molecule has 2 N–H and O–H groups in total. The van der Waals surface area contributed by atoms with Gasteiger partial charge in [-0.3, -0.25) is 4.79 Å². The average Bonchev–Trinajstić information content (AvgIpc) is 2.68. The van der Waals surface area contributed by atoms with Crippen molar-refractivity contribution in [2.75, 3.05) is 13.1 Å². The third kappa shape index (κ3) is 5.54. The van der Waals surface area contributed by atoms with Crippen LogP contribution in [0.3, 0.4) is 0 Å². The molecule has 0 aromatic carbocycles. The van der Waals surface area contributed by atoms with Gasteiger partial charge in [0.05, 0.1) is 6.54 Å². The Morgan fingerprint density at radius 2 is 2.10 bits per heavy atom. The molecule has 1 aromatic rings. The van der Waals surface area contributed by atoms with Gasteiger partial charge in [0.1, 0.15) is 13.1 Å². The highest BCUT2D eigenvalue weighted by molar-refractivity contribution is 5.80. The molecule has 0 aliphatic carbocycles. The molecule has 1 heterocycles. The van der Waals surface area contributed by atoms with Crippen LogP contribution in [0.5, 0.6) is 0 Å². The van der Waals surface area contributed by atoms with Crippen molar-refractivity contribution in [3.8, 4) is 0 Å². The lowest BCUT2D eigenvalue weighted by molar-refractivity contribution is -0.148. The van der Waals surface area contributed by atoms with Gasteiger partial charge in [-0.05, 0) is 0 Å². The number of hydrogen-bond acceptors (Lipinski definition) is 5. The van der Waals surface area contributed by atoms with E-state index in [0.29, 0.717) is 0 Å². The Labute approximate surface area is 110 Å². The number of urea groups is 1. The minimum atomic E-state index is -4.70. The monoisotopic (exact) mass is 296 g/mol. The number of carbonyl (C=O) groups is 2. The number of nitrogens with zero attached hydrogens (tertiary/aromatic N) is 3. The van der Waals surface area contributed by atoms with Crippen molar-refractivity contribution in [3.63, 3.8) is 0 Å². The smallest absolute Gasteiger partial charge is 0.406 e. The maximum absolute atomic E-state index is 12.2. The number of alkyl halides is 3. The Kier molecular flexibility index (Phi) is 4.88. The molecule has 0 saturated heterocycles. The summed E-state index contributed by atoms with van der Waals surface area (Å²) >= 11 is 0. The Hall–Kier alpha value is -2.33. The molecule has 0 aliphatic rings. The molecule has 20 heavy (non-hydrogen) atoms. The summed E-state index contributed by atoms with van der Waals surface area (Å²) in [6.45, 7) is -1.52. The van der Waals surface area contributed by atoms with Crippen LogP contribution >= 0.6 is 0 Å². The molecule has 0 spiro atoms. The fourth-order valence-corrected chi connectivity index (χ4v) is 1.26. The topological polar surface area (TPSA) is 109 Å². The fraction of sp³-hybridized carbons (Fsp3) is 0.556. The molecule has 1 aromatic heterocycles. The summed E-state index contributed by atoms with van der Waals surface area (Å²) in [5, 5.41) is 14.0. The zero-order valence-corrected chi connectivity index (χ0v) is 10.3. The van der Waals surface area contributed by atoms with E-state index < -0.39 is 31.3 Å². The van der Waals surface area contributed by atoms with Gasteiger partial charge in [-0.15, -0.1) is 0 Å². The third-order valence-electron chi connectivity index (χ3n) is 1.95. The number of nitrogens with one attached hydrogen (secondary N) is 1. The molecule has 0 saturated carbocycles. The second kappa shape index (κ2) is 6.21. The van der Waals surface area contributed by atoms with Gasteiger partial charge in [0, 0.05) is 6.92 Å². The Bertz CT molecular complexity index is 488. The van der Waals surface area contributed by atoms with E-state index >= 15 is 0 Å². The number of hydrogen-bond donors (Lipinski definition) is 2. The van der Waals surface area contributed by atoms with E-state index in [4.69, 9.17) is 5.11 Å². The summed E-state index contributed by atoms with van der Waals surface area (Å²) < 4.78 is 41.3. The van der Waals surface area contributed by atoms with E-state index in [1.807, 2.05) is 0 Å². The summed E-state index contributed by atoms with van der Waals surface area (Å²) in [7, 11) is 0. The number of aromatic nitrogens is 2. The number of aryl methyl sites for hydroxylation is 1. The van der Waals surface area contributed by atoms with Gasteiger partial charge in [0.15, 0.2) is 5.82 Å². The highest BCUT2D eigenvalue weighted by Gasteiger charge is 2.34. The predicted molar refractivity (Wildman–Crippen MR) is 56.5 cm³/mol. The van der Waals surface area contributed by atoms with E-state index in [2.05, 4.69) is 20.0 Å². The van der Waals surface area contributed by atoms with Crippen molar-refractivity contribution in [1.82, 2.24) is 20.4 Å². The first-order valence-electron chi connectivity index (χ1n) is 5.28. The maximum atomic E-state index is 12.2. The molecule has 0 aliphatic heterocycles. The molecule has 0 fully saturated rings. The third-order valence-corrected chi connectivity index (χ3v) is 1.95. The van der Waals surface area contributed by atoms with Crippen LogP contribution in [0.25, 0.3) is 0 Å². The first-order chi connectivity index (χ1) is 9.17. The van der Waals surface area contributed by atoms with Gasteiger partial charge in [-0.25, -0.2) is 4.79 Å². The van der Waals surface area contributed by atoms with Gasteiger partial charge < -0.3 is 19.8 Å². The lowest BCUT2D eigenvalue weighted by Crippen LogP contribution is -2.46. The van der Waals surface area contributed by atoms with Gasteiger partial charge in [-0.1, -0.05) is 5.16 Å². The van der Waals surface area contributed by atoms with Gasteiger partial charge in [0.2, 0.25) is 5.89 Å². The lowest BCUT2D eigenvalue weighted by atomic mass is 10.4. The van der Waals surface area contributed by atoms with E-state index in [1.54, 1.807) is 0 Å². The zero-order chi connectivity index (χ0) is 15.3. The van der Waals surface area contributed by atoms with Crippen molar-refractivity contribution < 1.29 is 32.4 Å². The molecular weight excluding hydrogens is 285 g/mol. The second-order valence-electron chi connectivity index (χ2n) is 3.75. The maximum Gasteiger partial charge on any atom is 0.406 e. The summed E-state index contributed by atoms with van der Waals surface area (Å²) in [6.07, 6.45) is -4.70. The standard InChI is InChI=1S/C9H11F3N4O4/c1-5-14-6(15-20-5)2-13-8(19)16(3-7(17)18)4-9(10,11)12/h2-4H2,1H3,(H,13,19)(H,17,18). The molecule has 2 amide bonds. The van der Waals surface area contributed by atoms with E-state index in [0.717, 1.165) is 0 Å². The Balaban J connectivity index is 2.60. The molecule has 1 rings (SSSR count). The molecule has 0 atom stereocenters. The SMILES string of the molecule is Cc1nc(CNC(=O)N(CC(=O)O)CC(F)(F)F)no1. The van der Waals surface area contributed by atoms with Crippen LogP contribution in [0, 0.1) is 6.92 Å². The quantitative estimate of drug-likeness (QED) is 0.820. The lowest BCUT2D eigenvalue weighted by Gasteiger charge is -2.22. The first kappa shape index (κ1) is 15.7. The van der Waals surface area contributed by atoms with Crippen LogP contribution in [0.1, 0.15) is 11.7 Å². The van der Waals surface area contributed by atoms with Crippen LogP contribution < -0.4 is 5.32 Å². The number of amides is 2. The summed E-state index contributed by atoms with van der Waals surface area (Å²) in [6, 6.07) is -1.19. The molecule has 0 bridgehead atoms. The van der Waals surface area contributed by atoms with Gasteiger partial charge >= 0.3 is 18.2 Å². The van der Waals surface area contributed by atoms with Crippen LogP contribution in [0.2, 0.25) is 0 Å².